The van der Waals surface area contributed by atoms with Crippen molar-refractivity contribution in [2.24, 2.45) is 29.1 Å². The number of allylic oxidation sites excluding steroid dienone is 2. The van der Waals surface area contributed by atoms with E-state index in [-0.39, 0.29) is 0 Å². The van der Waals surface area contributed by atoms with E-state index < -0.39 is 0 Å². The molecule has 0 aromatic rings. The fourth-order valence-corrected chi connectivity index (χ4v) is 3.35. The van der Waals surface area contributed by atoms with Crippen molar-refractivity contribution in [2.75, 3.05) is 0 Å². The van der Waals surface area contributed by atoms with E-state index in [9.17, 15) is 0 Å². The van der Waals surface area contributed by atoms with Crippen LogP contribution in [0.1, 0.15) is 114 Å². The van der Waals surface area contributed by atoms with Gasteiger partial charge < -0.3 is 0 Å². The first kappa shape index (κ1) is 23.7. The SMILES string of the molecule is CCCCC(CCC(C)C(C)C)C(C)C(C)=CCCC(C)(C)CC. The van der Waals surface area contributed by atoms with Gasteiger partial charge in [-0.15, -0.1) is 0 Å². The second-order valence-corrected chi connectivity index (χ2v) is 9.49. The summed E-state index contributed by atoms with van der Waals surface area (Å²) in [4.78, 5) is 0. The van der Waals surface area contributed by atoms with Crippen LogP contribution in [0.2, 0.25) is 0 Å². The van der Waals surface area contributed by atoms with Gasteiger partial charge >= 0.3 is 0 Å². The molecule has 144 valence electrons. The minimum Gasteiger partial charge on any atom is -0.0853 e. The zero-order valence-electron chi connectivity index (χ0n) is 18.5. The average Bonchev–Trinajstić information content (AvgIpc) is 2.53. The number of hydrogen-bond donors (Lipinski definition) is 0. The minimum absolute atomic E-state index is 0.494. The largest absolute Gasteiger partial charge is 0.0853 e. The monoisotopic (exact) mass is 336 g/mol. The highest BCUT2D eigenvalue weighted by Gasteiger charge is 2.20. The van der Waals surface area contributed by atoms with Gasteiger partial charge in [-0.25, -0.2) is 0 Å². The van der Waals surface area contributed by atoms with Crippen LogP contribution in [0.25, 0.3) is 0 Å². The van der Waals surface area contributed by atoms with Crippen LogP contribution in [-0.4, -0.2) is 0 Å². The normalized spacial score (nSPS) is 17.2. The van der Waals surface area contributed by atoms with Gasteiger partial charge in [0.1, 0.15) is 0 Å². The molecular formula is C24H48. The Hall–Kier alpha value is -0.260. The molecule has 0 aliphatic rings. The maximum absolute atomic E-state index is 2.55. The maximum atomic E-state index is 2.55. The van der Waals surface area contributed by atoms with Crippen LogP contribution in [0, 0.1) is 29.1 Å². The van der Waals surface area contributed by atoms with E-state index in [1.807, 2.05) is 0 Å². The highest BCUT2D eigenvalue weighted by atomic mass is 14.3. The van der Waals surface area contributed by atoms with Crippen LogP contribution in [-0.2, 0) is 0 Å². The molecule has 0 saturated carbocycles. The van der Waals surface area contributed by atoms with E-state index in [0.29, 0.717) is 5.41 Å². The van der Waals surface area contributed by atoms with E-state index in [1.54, 1.807) is 5.57 Å². The van der Waals surface area contributed by atoms with Gasteiger partial charge in [0, 0.05) is 0 Å². The van der Waals surface area contributed by atoms with Crippen molar-refractivity contribution in [3.05, 3.63) is 11.6 Å². The summed E-state index contributed by atoms with van der Waals surface area (Å²) in [5, 5.41) is 0. The summed E-state index contributed by atoms with van der Waals surface area (Å²) in [7, 11) is 0. The van der Waals surface area contributed by atoms with Crippen LogP contribution >= 0.6 is 0 Å². The van der Waals surface area contributed by atoms with Crippen molar-refractivity contribution in [3.63, 3.8) is 0 Å². The molecule has 0 rings (SSSR count). The molecule has 0 saturated heterocycles. The van der Waals surface area contributed by atoms with E-state index >= 15 is 0 Å². The first-order valence-electron chi connectivity index (χ1n) is 10.8. The third kappa shape index (κ3) is 9.90. The molecule has 0 aliphatic carbocycles. The molecule has 3 atom stereocenters. The molecule has 0 heterocycles. The lowest BCUT2D eigenvalue weighted by atomic mass is 9.78. The third-order valence-corrected chi connectivity index (χ3v) is 6.73. The lowest BCUT2D eigenvalue weighted by Gasteiger charge is -2.27. The molecule has 0 nitrogen and oxygen atoms in total. The predicted octanol–water partition coefficient (Wildman–Crippen LogP) is 8.66. The number of unbranched alkanes of at least 4 members (excludes halogenated alkanes) is 1. The lowest BCUT2D eigenvalue weighted by molar-refractivity contribution is 0.286. The zero-order chi connectivity index (χ0) is 18.8. The van der Waals surface area contributed by atoms with Crippen LogP contribution in [0.3, 0.4) is 0 Å². The molecule has 24 heavy (non-hydrogen) atoms. The summed E-state index contributed by atoms with van der Waals surface area (Å²) in [5.41, 5.74) is 2.13. The first-order valence-corrected chi connectivity index (χ1v) is 10.8. The zero-order valence-corrected chi connectivity index (χ0v) is 18.5. The van der Waals surface area contributed by atoms with Gasteiger partial charge in [-0.2, -0.15) is 0 Å². The third-order valence-electron chi connectivity index (χ3n) is 6.73. The Labute approximate surface area is 154 Å². The topological polar surface area (TPSA) is 0 Å². The van der Waals surface area contributed by atoms with Gasteiger partial charge in [0.15, 0.2) is 0 Å². The quantitative estimate of drug-likeness (QED) is 0.295. The molecular weight excluding hydrogens is 288 g/mol. The number of hydrogen-bond acceptors (Lipinski definition) is 0. The van der Waals surface area contributed by atoms with Crippen LogP contribution in [0.5, 0.6) is 0 Å². The maximum Gasteiger partial charge on any atom is -0.0206 e. The molecule has 0 bridgehead atoms. The molecule has 0 heteroatoms. The fraction of sp³-hybridized carbons (Fsp3) is 0.917. The summed E-state index contributed by atoms with van der Waals surface area (Å²) in [6, 6.07) is 0. The summed E-state index contributed by atoms with van der Waals surface area (Å²) in [6.07, 6.45) is 13.3. The van der Waals surface area contributed by atoms with E-state index in [2.05, 4.69) is 68.4 Å². The summed E-state index contributed by atoms with van der Waals surface area (Å²) in [5.74, 6) is 3.30. The minimum atomic E-state index is 0.494. The Bertz CT molecular complexity index is 334. The average molecular weight is 337 g/mol. The van der Waals surface area contributed by atoms with Crippen molar-refractivity contribution >= 4 is 0 Å². The Morgan fingerprint density at radius 2 is 1.58 bits per heavy atom. The smallest absolute Gasteiger partial charge is 0.0206 e. The molecule has 0 aromatic heterocycles. The highest BCUT2D eigenvalue weighted by molar-refractivity contribution is 5.04. The molecule has 0 aliphatic heterocycles. The molecule has 0 radical (unpaired) electrons. The van der Waals surface area contributed by atoms with Gasteiger partial charge in [-0.05, 0) is 61.7 Å². The van der Waals surface area contributed by atoms with Crippen LogP contribution in [0.15, 0.2) is 11.6 Å². The molecule has 0 spiro atoms. The predicted molar refractivity (Wildman–Crippen MR) is 112 cm³/mol. The highest BCUT2D eigenvalue weighted by Crippen LogP contribution is 2.33. The van der Waals surface area contributed by atoms with Gasteiger partial charge in [-0.1, -0.05) is 92.7 Å². The molecule has 0 amide bonds. The van der Waals surface area contributed by atoms with Gasteiger partial charge in [0.25, 0.3) is 0 Å². The molecule has 0 N–H and O–H groups in total. The van der Waals surface area contributed by atoms with Crippen molar-refractivity contribution in [3.8, 4) is 0 Å². The van der Waals surface area contributed by atoms with E-state index in [4.69, 9.17) is 0 Å². The Balaban J connectivity index is 4.67. The van der Waals surface area contributed by atoms with Crippen LogP contribution < -0.4 is 0 Å². The lowest BCUT2D eigenvalue weighted by Crippen LogP contribution is -2.16. The number of rotatable bonds is 13. The summed E-state index contributed by atoms with van der Waals surface area (Å²) >= 11 is 0. The summed E-state index contributed by atoms with van der Waals surface area (Å²) < 4.78 is 0. The van der Waals surface area contributed by atoms with Crippen molar-refractivity contribution in [1.29, 1.82) is 0 Å². The van der Waals surface area contributed by atoms with Crippen molar-refractivity contribution in [1.82, 2.24) is 0 Å². The Morgan fingerprint density at radius 1 is 0.958 bits per heavy atom. The molecule has 0 fully saturated rings. The van der Waals surface area contributed by atoms with Gasteiger partial charge in [-0.3, -0.25) is 0 Å². The van der Waals surface area contributed by atoms with Crippen molar-refractivity contribution in [2.45, 2.75) is 114 Å². The van der Waals surface area contributed by atoms with Crippen LogP contribution in [0.4, 0.5) is 0 Å². The standard InChI is InChI=1S/C24H48/c1-10-12-15-23(17-16-20(5)19(3)4)22(7)21(6)14-13-18-24(8,9)11-2/h14,19-20,22-23H,10-13,15-18H2,1-9H3. The Kier molecular flexibility index (Phi) is 12.0. The fourth-order valence-electron chi connectivity index (χ4n) is 3.35. The second kappa shape index (κ2) is 12.2. The Morgan fingerprint density at radius 3 is 2.08 bits per heavy atom. The van der Waals surface area contributed by atoms with E-state index in [0.717, 1.165) is 23.7 Å². The molecule has 0 aromatic carbocycles. The van der Waals surface area contributed by atoms with E-state index in [1.165, 1.54) is 51.4 Å². The van der Waals surface area contributed by atoms with Gasteiger partial charge in [0.2, 0.25) is 0 Å². The molecule has 3 unspecified atom stereocenters. The van der Waals surface area contributed by atoms with Gasteiger partial charge in [0.05, 0.1) is 0 Å². The summed E-state index contributed by atoms with van der Waals surface area (Å²) in [6.45, 7) is 21.5. The first-order chi connectivity index (χ1) is 11.1. The second-order valence-electron chi connectivity index (χ2n) is 9.49. The van der Waals surface area contributed by atoms with Crippen molar-refractivity contribution < 1.29 is 0 Å².